The number of ether oxygens (including phenoxy) is 1. The molecule has 1 unspecified atom stereocenters. The Morgan fingerprint density at radius 2 is 1.88 bits per heavy atom. The van der Waals surface area contributed by atoms with E-state index in [4.69, 9.17) is 4.74 Å². The fraction of sp³-hybridized carbons (Fsp3) is 0.882. The molecule has 0 bridgehead atoms. The van der Waals surface area contributed by atoms with Gasteiger partial charge in [0.15, 0.2) is 5.96 Å². The number of guanidine groups is 1. The molecule has 0 spiro atoms. The Balaban J connectivity index is 0. The first-order chi connectivity index (χ1) is 10.9. The number of aliphatic imine (C=N–C) groups is 1. The van der Waals surface area contributed by atoms with E-state index < -0.39 is 0 Å². The van der Waals surface area contributed by atoms with Crippen LogP contribution in [0.3, 0.4) is 0 Å². The first-order valence-electron chi connectivity index (χ1n) is 8.69. The van der Waals surface area contributed by atoms with Gasteiger partial charge in [-0.25, -0.2) is 4.99 Å². The highest BCUT2D eigenvalue weighted by Gasteiger charge is 2.08. The van der Waals surface area contributed by atoms with Gasteiger partial charge >= 0.3 is 0 Å². The number of amides is 1. The summed E-state index contributed by atoms with van der Waals surface area (Å²) in [6, 6.07) is 0.324. The van der Waals surface area contributed by atoms with Crippen molar-refractivity contribution in [3.8, 4) is 0 Å². The average molecular weight is 456 g/mol. The molecule has 2 N–H and O–H groups in total. The van der Waals surface area contributed by atoms with Crippen molar-refractivity contribution in [3.63, 3.8) is 0 Å². The number of nitrogens with one attached hydrogen (secondary N) is 2. The third kappa shape index (κ3) is 15.0. The third-order valence-corrected chi connectivity index (χ3v) is 3.39. The SMILES string of the molecule is CCOCCCNC(=NCC(=O)N(C)C)NC(C)CCC(C)C.I. The van der Waals surface area contributed by atoms with E-state index in [0.717, 1.165) is 32.6 Å². The van der Waals surface area contributed by atoms with Gasteiger partial charge in [-0.15, -0.1) is 24.0 Å². The van der Waals surface area contributed by atoms with Crippen LogP contribution in [0.25, 0.3) is 0 Å². The molecule has 1 amide bonds. The van der Waals surface area contributed by atoms with E-state index in [1.807, 2.05) is 6.92 Å². The van der Waals surface area contributed by atoms with Crippen molar-refractivity contribution < 1.29 is 9.53 Å². The van der Waals surface area contributed by atoms with E-state index in [1.165, 1.54) is 6.42 Å². The molecule has 0 rings (SSSR count). The lowest BCUT2D eigenvalue weighted by atomic mass is 10.0. The maximum atomic E-state index is 11.7. The van der Waals surface area contributed by atoms with Gasteiger partial charge in [-0.2, -0.15) is 0 Å². The number of carbonyl (C=O) groups excluding carboxylic acids is 1. The predicted molar refractivity (Wildman–Crippen MR) is 112 cm³/mol. The van der Waals surface area contributed by atoms with Gasteiger partial charge in [-0.1, -0.05) is 13.8 Å². The topological polar surface area (TPSA) is 66.0 Å². The minimum Gasteiger partial charge on any atom is -0.382 e. The summed E-state index contributed by atoms with van der Waals surface area (Å²) in [6.45, 7) is 11.0. The van der Waals surface area contributed by atoms with E-state index in [0.29, 0.717) is 17.9 Å². The molecule has 0 fully saturated rings. The number of rotatable bonds is 11. The minimum atomic E-state index is -0.00440. The van der Waals surface area contributed by atoms with Crippen LogP contribution < -0.4 is 10.6 Å². The summed E-state index contributed by atoms with van der Waals surface area (Å²) in [4.78, 5) is 17.7. The lowest BCUT2D eigenvalue weighted by molar-refractivity contribution is -0.127. The molecule has 0 aliphatic carbocycles. The standard InChI is InChI=1S/C17H36N4O2.HI/c1-7-23-12-8-11-18-17(19-13-16(22)21(5)6)20-15(4)10-9-14(2)3;/h14-15H,7-13H2,1-6H3,(H2,18,19,20);1H. The maximum Gasteiger partial charge on any atom is 0.243 e. The Morgan fingerprint density at radius 1 is 1.21 bits per heavy atom. The molecule has 0 aromatic rings. The molecule has 6 nitrogen and oxygen atoms in total. The molecule has 0 aromatic carbocycles. The average Bonchev–Trinajstić information content (AvgIpc) is 2.49. The number of hydrogen-bond acceptors (Lipinski definition) is 3. The summed E-state index contributed by atoms with van der Waals surface area (Å²) in [5, 5.41) is 6.66. The number of likely N-dealkylation sites (N-methyl/N-ethyl adjacent to an activating group) is 1. The number of nitrogens with zero attached hydrogens (tertiary/aromatic N) is 2. The predicted octanol–water partition coefficient (Wildman–Crippen LogP) is 2.48. The molecule has 144 valence electrons. The Hall–Kier alpha value is -0.570. The molecule has 24 heavy (non-hydrogen) atoms. The lowest BCUT2D eigenvalue weighted by Crippen LogP contribution is -2.43. The van der Waals surface area contributed by atoms with Crippen LogP contribution in [0.1, 0.15) is 47.0 Å². The van der Waals surface area contributed by atoms with E-state index in [9.17, 15) is 4.79 Å². The quantitative estimate of drug-likeness (QED) is 0.217. The molecule has 0 saturated carbocycles. The second-order valence-corrected chi connectivity index (χ2v) is 6.45. The summed E-state index contributed by atoms with van der Waals surface area (Å²) >= 11 is 0. The fourth-order valence-corrected chi connectivity index (χ4v) is 1.85. The zero-order valence-electron chi connectivity index (χ0n) is 16.2. The van der Waals surface area contributed by atoms with Crippen molar-refractivity contribution in [2.75, 3.05) is 40.4 Å². The first kappa shape index (κ1) is 25.7. The number of hydrogen-bond donors (Lipinski definition) is 2. The van der Waals surface area contributed by atoms with Crippen LogP contribution in [-0.2, 0) is 9.53 Å². The Labute approximate surface area is 165 Å². The van der Waals surface area contributed by atoms with Gasteiger partial charge in [0.2, 0.25) is 5.91 Å². The highest BCUT2D eigenvalue weighted by atomic mass is 127. The van der Waals surface area contributed by atoms with Crippen LogP contribution in [-0.4, -0.2) is 63.2 Å². The van der Waals surface area contributed by atoms with E-state index >= 15 is 0 Å². The van der Waals surface area contributed by atoms with Crippen molar-refractivity contribution in [1.29, 1.82) is 0 Å². The highest BCUT2D eigenvalue weighted by Crippen LogP contribution is 2.06. The maximum absolute atomic E-state index is 11.7. The van der Waals surface area contributed by atoms with Crippen LogP contribution in [0.2, 0.25) is 0 Å². The monoisotopic (exact) mass is 456 g/mol. The molecule has 1 atom stereocenters. The normalized spacial score (nSPS) is 12.5. The Kier molecular flexibility index (Phi) is 17.0. The van der Waals surface area contributed by atoms with Gasteiger partial charge in [0, 0.05) is 39.9 Å². The largest absolute Gasteiger partial charge is 0.382 e. The first-order valence-corrected chi connectivity index (χ1v) is 8.69. The number of carbonyl (C=O) groups is 1. The number of halogens is 1. The lowest BCUT2D eigenvalue weighted by Gasteiger charge is -2.19. The van der Waals surface area contributed by atoms with Crippen molar-refractivity contribution in [1.82, 2.24) is 15.5 Å². The zero-order valence-corrected chi connectivity index (χ0v) is 18.6. The summed E-state index contributed by atoms with van der Waals surface area (Å²) in [5.41, 5.74) is 0. The van der Waals surface area contributed by atoms with Crippen LogP contribution in [0.4, 0.5) is 0 Å². The van der Waals surface area contributed by atoms with Gasteiger partial charge in [0.1, 0.15) is 6.54 Å². The Bertz CT molecular complexity index is 349. The van der Waals surface area contributed by atoms with Gasteiger partial charge in [-0.3, -0.25) is 4.79 Å². The smallest absolute Gasteiger partial charge is 0.243 e. The van der Waals surface area contributed by atoms with E-state index in [1.54, 1.807) is 19.0 Å². The van der Waals surface area contributed by atoms with Crippen molar-refractivity contribution in [3.05, 3.63) is 0 Å². The summed E-state index contributed by atoms with van der Waals surface area (Å²) in [7, 11) is 3.48. The van der Waals surface area contributed by atoms with Gasteiger partial charge in [-0.05, 0) is 39.0 Å². The van der Waals surface area contributed by atoms with Crippen LogP contribution in [0.5, 0.6) is 0 Å². The van der Waals surface area contributed by atoms with Crippen LogP contribution >= 0.6 is 24.0 Å². The highest BCUT2D eigenvalue weighted by molar-refractivity contribution is 14.0. The zero-order chi connectivity index (χ0) is 17.7. The Morgan fingerprint density at radius 3 is 2.42 bits per heavy atom. The molecule has 0 aliphatic heterocycles. The molecule has 0 saturated heterocycles. The molecular weight excluding hydrogens is 419 g/mol. The van der Waals surface area contributed by atoms with Gasteiger partial charge in [0.05, 0.1) is 0 Å². The van der Waals surface area contributed by atoms with Crippen molar-refractivity contribution in [2.45, 2.75) is 53.0 Å². The minimum absolute atomic E-state index is 0. The van der Waals surface area contributed by atoms with E-state index in [-0.39, 0.29) is 36.4 Å². The molecule has 0 aliphatic rings. The molecule has 0 radical (unpaired) electrons. The molecule has 7 heteroatoms. The molecule has 0 aromatic heterocycles. The third-order valence-electron chi connectivity index (χ3n) is 3.39. The van der Waals surface area contributed by atoms with Gasteiger partial charge < -0.3 is 20.3 Å². The van der Waals surface area contributed by atoms with Crippen LogP contribution in [0.15, 0.2) is 4.99 Å². The summed E-state index contributed by atoms with van der Waals surface area (Å²) in [5.74, 6) is 1.39. The summed E-state index contributed by atoms with van der Waals surface area (Å²) < 4.78 is 5.33. The molecule has 0 heterocycles. The van der Waals surface area contributed by atoms with Crippen molar-refractivity contribution in [2.24, 2.45) is 10.9 Å². The summed E-state index contributed by atoms with van der Waals surface area (Å²) in [6.07, 6.45) is 3.16. The molecular formula is C17H37IN4O2. The second kappa shape index (κ2) is 15.9. The van der Waals surface area contributed by atoms with Crippen molar-refractivity contribution >= 4 is 35.8 Å². The van der Waals surface area contributed by atoms with Crippen LogP contribution in [0, 0.1) is 5.92 Å². The second-order valence-electron chi connectivity index (χ2n) is 6.45. The van der Waals surface area contributed by atoms with E-state index in [2.05, 4.69) is 36.4 Å². The van der Waals surface area contributed by atoms with Gasteiger partial charge in [0.25, 0.3) is 0 Å². The fourth-order valence-electron chi connectivity index (χ4n) is 1.85.